The van der Waals surface area contributed by atoms with Crippen LogP contribution in [0.25, 0.3) is 0 Å². The molecule has 1 N–H and O–H groups in total. The summed E-state index contributed by atoms with van der Waals surface area (Å²) in [6.07, 6.45) is 0. The lowest BCUT2D eigenvalue weighted by Gasteiger charge is -2.08. The second-order valence-electron chi connectivity index (χ2n) is 4.62. The molecule has 0 saturated carbocycles. The lowest BCUT2D eigenvalue weighted by Crippen LogP contribution is -2.16. The number of hydrogen-bond donors (Lipinski definition) is 1. The third-order valence-corrected chi connectivity index (χ3v) is 2.96. The van der Waals surface area contributed by atoms with E-state index in [2.05, 4.69) is 10.4 Å². The Morgan fingerprint density at radius 1 is 1.45 bits per heavy atom. The molecule has 1 aromatic heterocycles. The lowest BCUT2D eigenvalue weighted by molar-refractivity contribution is -0.384. The van der Waals surface area contributed by atoms with E-state index in [-0.39, 0.29) is 11.4 Å². The number of anilines is 1. The number of nitrogens with zero attached hydrogens (tertiary/aromatic N) is 3. The van der Waals surface area contributed by atoms with E-state index in [9.17, 15) is 14.9 Å². The van der Waals surface area contributed by atoms with Gasteiger partial charge in [0.05, 0.1) is 23.3 Å². The summed E-state index contributed by atoms with van der Waals surface area (Å²) in [6.45, 7) is 3.94. The Bertz CT molecular complexity index is 724. The second-order valence-corrected chi connectivity index (χ2v) is 4.62. The van der Waals surface area contributed by atoms with Gasteiger partial charge in [-0.1, -0.05) is 0 Å². The highest BCUT2D eigenvalue weighted by atomic mass is 16.6. The SMILES string of the molecule is CCOc1ccc(NC(=O)c2cc(C)nn2C)c([N+](=O)[O-])c1. The standard InChI is InChI=1S/C14H16N4O4/c1-4-22-10-5-6-11(12(8-10)18(20)21)15-14(19)13-7-9(2)16-17(13)3/h5-8H,4H2,1-3H3,(H,15,19). The molecule has 0 atom stereocenters. The normalized spacial score (nSPS) is 10.3. The van der Waals surface area contributed by atoms with E-state index < -0.39 is 10.8 Å². The van der Waals surface area contributed by atoms with Crippen LogP contribution < -0.4 is 10.1 Å². The molecule has 0 fully saturated rings. The molecule has 0 aliphatic rings. The van der Waals surface area contributed by atoms with Gasteiger partial charge in [-0.2, -0.15) is 5.10 Å². The van der Waals surface area contributed by atoms with Crippen LogP contribution in [0.4, 0.5) is 11.4 Å². The smallest absolute Gasteiger partial charge is 0.296 e. The van der Waals surface area contributed by atoms with Crippen molar-refractivity contribution in [2.45, 2.75) is 13.8 Å². The molecule has 0 spiro atoms. The number of carbonyl (C=O) groups is 1. The van der Waals surface area contributed by atoms with Gasteiger partial charge < -0.3 is 10.1 Å². The number of aryl methyl sites for hydroxylation is 2. The van der Waals surface area contributed by atoms with E-state index in [1.165, 1.54) is 16.8 Å². The van der Waals surface area contributed by atoms with Crippen LogP contribution in [0.15, 0.2) is 24.3 Å². The van der Waals surface area contributed by atoms with Crippen molar-refractivity contribution in [3.05, 3.63) is 45.8 Å². The van der Waals surface area contributed by atoms with E-state index in [1.807, 2.05) is 0 Å². The summed E-state index contributed by atoms with van der Waals surface area (Å²) < 4.78 is 6.65. The molecule has 0 unspecified atom stereocenters. The van der Waals surface area contributed by atoms with Crippen LogP contribution >= 0.6 is 0 Å². The minimum atomic E-state index is -0.563. The van der Waals surface area contributed by atoms with Crippen molar-refractivity contribution < 1.29 is 14.5 Å². The quantitative estimate of drug-likeness (QED) is 0.675. The highest BCUT2D eigenvalue weighted by Crippen LogP contribution is 2.29. The van der Waals surface area contributed by atoms with Gasteiger partial charge in [0.25, 0.3) is 11.6 Å². The Kier molecular flexibility index (Phi) is 4.40. The van der Waals surface area contributed by atoms with Crippen molar-refractivity contribution in [2.24, 2.45) is 7.05 Å². The Morgan fingerprint density at radius 2 is 2.18 bits per heavy atom. The minimum Gasteiger partial charge on any atom is -0.494 e. The van der Waals surface area contributed by atoms with Crippen molar-refractivity contribution in [1.82, 2.24) is 9.78 Å². The number of nitrogens with one attached hydrogen (secondary N) is 1. The van der Waals surface area contributed by atoms with Gasteiger partial charge in [0.15, 0.2) is 0 Å². The average Bonchev–Trinajstić information content (AvgIpc) is 2.79. The predicted octanol–water partition coefficient (Wildman–Crippen LogP) is 2.29. The third-order valence-electron chi connectivity index (χ3n) is 2.96. The van der Waals surface area contributed by atoms with Gasteiger partial charge in [-0.3, -0.25) is 19.6 Å². The van der Waals surface area contributed by atoms with Crippen LogP contribution in [-0.4, -0.2) is 27.2 Å². The molecule has 8 nitrogen and oxygen atoms in total. The Morgan fingerprint density at radius 3 is 2.73 bits per heavy atom. The fraction of sp³-hybridized carbons (Fsp3) is 0.286. The molecular formula is C14H16N4O4. The zero-order chi connectivity index (χ0) is 16.3. The van der Waals surface area contributed by atoms with Crippen LogP contribution in [0.3, 0.4) is 0 Å². The van der Waals surface area contributed by atoms with Crippen molar-refractivity contribution in [2.75, 3.05) is 11.9 Å². The molecule has 22 heavy (non-hydrogen) atoms. The summed E-state index contributed by atoms with van der Waals surface area (Å²) in [5.74, 6) is -0.0843. The number of nitro benzene ring substituents is 1. The number of amides is 1. The number of benzene rings is 1. The van der Waals surface area contributed by atoms with Gasteiger partial charge in [-0.15, -0.1) is 0 Å². The third kappa shape index (κ3) is 3.22. The fourth-order valence-corrected chi connectivity index (χ4v) is 2.03. The molecule has 0 aliphatic heterocycles. The minimum absolute atomic E-state index is 0.109. The molecule has 2 rings (SSSR count). The van der Waals surface area contributed by atoms with Gasteiger partial charge in [0, 0.05) is 7.05 Å². The molecule has 2 aromatic rings. The van der Waals surface area contributed by atoms with E-state index in [0.29, 0.717) is 23.7 Å². The van der Waals surface area contributed by atoms with Gasteiger partial charge in [0.1, 0.15) is 17.1 Å². The monoisotopic (exact) mass is 304 g/mol. The van der Waals surface area contributed by atoms with Crippen LogP contribution in [0, 0.1) is 17.0 Å². The molecular weight excluding hydrogens is 288 g/mol. The Hall–Kier alpha value is -2.90. The Labute approximate surface area is 126 Å². The highest BCUT2D eigenvalue weighted by molar-refractivity contribution is 6.04. The molecule has 0 bridgehead atoms. The first-order valence-electron chi connectivity index (χ1n) is 6.65. The first-order chi connectivity index (χ1) is 10.4. The van der Waals surface area contributed by atoms with Crippen molar-refractivity contribution >= 4 is 17.3 Å². The molecule has 1 amide bonds. The first kappa shape index (κ1) is 15.5. The summed E-state index contributed by atoms with van der Waals surface area (Å²) in [4.78, 5) is 22.8. The van der Waals surface area contributed by atoms with Crippen LogP contribution in [-0.2, 0) is 7.05 Å². The average molecular weight is 304 g/mol. The zero-order valence-electron chi connectivity index (χ0n) is 12.5. The zero-order valence-corrected chi connectivity index (χ0v) is 12.5. The van der Waals surface area contributed by atoms with Gasteiger partial charge >= 0.3 is 0 Å². The van der Waals surface area contributed by atoms with E-state index >= 15 is 0 Å². The predicted molar refractivity (Wildman–Crippen MR) is 80.2 cm³/mol. The molecule has 1 heterocycles. The summed E-state index contributed by atoms with van der Waals surface area (Å²) in [5, 5.41) is 17.8. The van der Waals surface area contributed by atoms with E-state index in [4.69, 9.17) is 4.74 Å². The molecule has 1 aromatic carbocycles. The highest BCUT2D eigenvalue weighted by Gasteiger charge is 2.19. The first-order valence-corrected chi connectivity index (χ1v) is 6.65. The Balaban J connectivity index is 2.30. The molecule has 0 saturated heterocycles. The number of hydrogen-bond acceptors (Lipinski definition) is 5. The molecule has 0 aliphatic carbocycles. The van der Waals surface area contributed by atoms with E-state index in [0.717, 1.165) is 0 Å². The van der Waals surface area contributed by atoms with Crippen LogP contribution in [0.5, 0.6) is 5.75 Å². The largest absolute Gasteiger partial charge is 0.494 e. The number of rotatable bonds is 5. The summed E-state index contributed by atoms with van der Waals surface area (Å²) in [5.41, 5.74) is 0.894. The van der Waals surface area contributed by atoms with Crippen molar-refractivity contribution in [3.8, 4) is 5.75 Å². The van der Waals surface area contributed by atoms with Gasteiger partial charge in [-0.05, 0) is 32.0 Å². The maximum Gasteiger partial charge on any atom is 0.296 e. The maximum absolute atomic E-state index is 12.2. The summed E-state index contributed by atoms with van der Waals surface area (Å²) in [7, 11) is 1.63. The van der Waals surface area contributed by atoms with Gasteiger partial charge in [-0.25, -0.2) is 0 Å². The number of aromatic nitrogens is 2. The number of carbonyl (C=O) groups excluding carboxylic acids is 1. The topological polar surface area (TPSA) is 99.3 Å². The van der Waals surface area contributed by atoms with Crippen LogP contribution in [0.2, 0.25) is 0 Å². The van der Waals surface area contributed by atoms with Crippen molar-refractivity contribution in [3.63, 3.8) is 0 Å². The lowest BCUT2D eigenvalue weighted by atomic mass is 10.2. The second kappa shape index (κ2) is 6.25. The van der Waals surface area contributed by atoms with Crippen molar-refractivity contribution in [1.29, 1.82) is 0 Å². The van der Waals surface area contributed by atoms with Crippen LogP contribution in [0.1, 0.15) is 23.1 Å². The van der Waals surface area contributed by atoms with E-state index in [1.54, 1.807) is 33.0 Å². The molecule has 116 valence electrons. The fourth-order valence-electron chi connectivity index (χ4n) is 2.03. The molecule has 8 heteroatoms. The van der Waals surface area contributed by atoms with Gasteiger partial charge in [0.2, 0.25) is 0 Å². The summed E-state index contributed by atoms with van der Waals surface area (Å²) in [6, 6.07) is 5.91. The number of nitro groups is 1. The number of ether oxygens (including phenoxy) is 1. The molecule has 0 radical (unpaired) electrons. The maximum atomic E-state index is 12.2. The summed E-state index contributed by atoms with van der Waals surface area (Å²) >= 11 is 0.